The van der Waals surface area contributed by atoms with Gasteiger partial charge in [-0.3, -0.25) is 4.79 Å². The first kappa shape index (κ1) is 12.6. The summed E-state index contributed by atoms with van der Waals surface area (Å²) in [5.74, 6) is -0.841. The average molecular weight is 210 g/mol. The van der Waals surface area contributed by atoms with E-state index >= 15 is 0 Å². The second kappa shape index (κ2) is 5.71. The average Bonchev–Trinajstić information content (AvgIpc) is 1.84. The number of carbonyl (C=O) groups is 1. The Bertz CT molecular complexity index is 108. The summed E-state index contributed by atoms with van der Waals surface area (Å²) >= 11 is 0. The zero-order chi connectivity index (χ0) is 7.44. The van der Waals surface area contributed by atoms with Crippen molar-refractivity contribution in [3.05, 3.63) is 0 Å². The molecule has 3 N–H and O–H groups in total. The summed E-state index contributed by atoms with van der Waals surface area (Å²) in [5, 5.41) is 8.36. The molecule has 0 aliphatic heterocycles. The van der Waals surface area contributed by atoms with Crippen molar-refractivity contribution in [2.45, 2.75) is 26.3 Å². The number of rotatable bonds is 3. The third-order valence-electron chi connectivity index (χ3n) is 1.54. The van der Waals surface area contributed by atoms with Gasteiger partial charge in [0.1, 0.15) is 6.04 Å². The summed E-state index contributed by atoms with van der Waals surface area (Å²) in [6.45, 7) is 3.76. The molecule has 0 bridgehead atoms. The zero-order valence-electron chi connectivity index (χ0n) is 6.20. The molecule has 0 rings (SSSR count). The molecule has 2 radical (unpaired) electrons. The molecule has 0 saturated heterocycles. The third kappa shape index (κ3) is 3.88. The first-order chi connectivity index (χ1) is 4.09. The van der Waals surface area contributed by atoms with Gasteiger partial charge in [0.05, 0.1) is 0 Å². The van der Waals surface area contributed by atoms with Crippen molar-refractivity contribution in [1.82, 2.24) is 0 Å². The molecule has 4 heteroatoms. The van der Waals surface area contributed by atoms with Crippen LogP contribution in [0, 0.1) is 5.92 Å². The molecule has 0 spiro atoms. The minimum absolute atomic E-state index is 0. The van der Waals surface area contributed by atoms with Gasteiger partial charge >= 0.3 is 5.97 Å². The number of hydrogen-bond acceptors (Lipinski definition) is 2. The Balaban J connectivity index is 0. The molecule has 0 fully saturated rings. The summed E-state index contributed by atoms with van der Waals surface area (Å²) in [6, 6.07) is -0.699. The number of carboxylic acid groups (broad SMARTS) is 1. The van der Waals surface area contributed by atoms with Gasteiger partial charge in [-0.05, 0) is 5.92 Å². The second-order valence-corrected chi connectivity index (χ2v) is 2.25. The van der Waals surface area contributed by atoms with E-state index in [0.717, 1.165) is 6.42 Å². The van der Waals surface area contributed by atoms with E-state index in [0.29, 0.717) is 0 Å². The maximum Gasteiger partial charge on any atom is 0.320 e. The van der Waals surface area contributed by atoms with E-state index < -0.39 is 12.0 Å². The van der Waals surface area contributed by atoms with Crippen LogP contribution >= 0.6 is 0 Å². The van der Waals surface area contributed by atoms with Crippen LogP contribution in [0.2, 0.25) is 0 Å². The van der Waals surface area contributed by atoms with Crippen LogP contribution < -0.4 is 5.73 Å². The molecule has 3 nitrogen and oxygen atoms in total. The second-order valence-electron chi connectivity index (χ2n) is 2.25. The number of aliphatic carboxylic acids is 1. The minimum Gasteiger partial charge on any atom is -0.480 e. The molecular formula is C6H13NO2Se. The maximum atomic E-state index is 10.2. The first-order valence-electron chi connectivity index (χ1n) is 3.08. The largest absolute Gasteiger partial charge is 0.480 e. The molecule has 0 aliphatic carbocycles. The van der Waals surface area contributed by atoms with Crippen LogP contribution in [0.25, 0.3) is 0 Å². The molecular weight excluding hydrogens is 197 g/mol. The molecule has 0 amide bonds. The van der Waals surface area contributed by atoms with E-state index in [4.69, 9.17) is 10.8 Å². The summed E-state index contributed by atoms with van der Waals surface area (Å²) < 4.78 is 0. The normalized spacial score (nSPS) is 15.1. The molecule has 0 unspecified atom stereocenters. The van der Waals surface area contributed by atoms with E-state index in [9.17, 15) is 4.79 Å². The molecule has 0 aliphatic rings. The standard InChI is InChI=1S/C6H13NO2.Se/c1-3-4(2)5(7)6(8)9;/h4-5H,3,7H2,1-2H3,(H,8,9);/t4-,5-;/m0./s1. The van der Waals surface area contributed by atoms with Gasteiger partial charge in [-0.1, -0.05) is 20.3 Å². The van der Waals surface area contributed by atoms with Gasteiger partial charge in [-0.15, -0.1) is 0 Å². The number of nitrogens with two attached hydrogens (primary N) is 1. The summed E-state index contributed by atoms with van der Waals surface area (Å²) in [5.41, 5.74) is 5.27. The van der Waals surface area contributed by atoms with Crippen molar-refractivity contribution in [3.63, 3.8) is 0 Å². The first-order valence-corrected chi connectivity index (χ1v) is 3.08. The van der Waals surface area contributed by atoms with Crippen molar-refractivity contribution in [1.29, 1.82) is 0 Å². The van der Waals surface area contributed by atoms with Crippen LogP contribution in [-0.4, -0.2) is 34.2 Å². The van der Waals surface area contributed by atoms with Gasteiger partial charge in [0.15, 0.2) is 0 Å². The van der Waals surface area contributed by atoms with Gasteiger partial charge in [-0.25, -0.2) is 0 Å². The fraction of sp³-hybridized carbons (Fsp3) is 0.833. The van der Waals surface area contributed by atoms with Crippen LogP contribution in [0.1, 0.15) is 20.3 Å². The van der Waals surface area contributed by atoms with Crippen LogP contribution in [0.4, 0.5) is 0 Å². The Kier molecular flexibility index (Phi) is 7.20. The van der Waals surface area contributed by atoms with Crippen LogP contribution in [0.3, 0.4) is 0 Å². The maximum absolute atomic E-state index is 10.2. The van der Waals surface area contributed by atoms with Crippen molar-refractivity contribution < 1.29 is 9.90 Å². The van der Waals surface area contributed by atoms with E-state index in [-0.39, 0.29) is 23.0 Å². The fourth-order valence-electron chi connectivity index (χ4n) is 0.497. The molecule has 0 aromatic carbocycles. The van der Waals surface area contributed by atoms with E-state index in [2.05, 4.69) is 0 Å². The van der Waals surface area contributed by atoms with Crippen molar-refractivity contribution in [3.8, 4) is 0 Å². The van der Waals surface area contributed by atoms with Crippen LogP contribution in [0.5, 0.6) is 0 Å². The Labute approximate surface area is 71.5 Å². The smallest absolute Gasteiger partial charge is 0.320 e. The summed E-state index contributed by atoms with van der Waals surface area (Å²) in [7, 11) is 0. The number of carboxylic acids is 1. The van der Waals surface area contributed by atoms with E-state index in [1.54, 1.807) is 0 Å². The molecule has 10 heavy (non-hydrogen) atoms. The Morgan fingerprint density at radius 3 is 2.20 bits per heavy atom. The quantitative estimate of drug-likeness (QED) is 0.647. The van der Waals surface area contributed by atoms with Crippen molar-refractivity contribution in [2.24, 2.45) is 11.7 Å². The third-order valence-corrected chi connectivity index (χ3v) is 1.54. The van der Waals surface area contributed by atoms with Crippen LogP contribution in [0.15, 0.2) is 0 Å². The van der Waals surface area contributed by atoms with Gasteiger partial charge in [0.25, 0.3) is 0 Å². The predicted molar refractivity (Wildman–Crippen MR) is 40.8 cm³/mol. The Morgan fingerprint density at radius 1 is 1.70 bits per heavy atom. The number of hydrogen-bond donors (Lipinski definition) is 2. The topological polar surface area (TPSA) is 63.3 Å². The minimum atomic E-state index is -0.913. The molecule has 2 atom stereocenters. The van der Waals surface area contributed by atoms with Gasteiger partial charge in [0, 0.05) is 17.1 Å². The summed E-state index contributed by atoms with van der Waals surface area (Å²) in [4.78, 5) is 10.2. The SMILES string of the molecule is CC[C@H](C)[C@H](N)C(=O)O.[Se]. The fourth-order valence-corrected chi connectivity index (χ4v) is 0.497. The van der Waals surface area contributed by atoms with Crippen molar-refractivity contribution >= 4 is 23.0 Å². The Morgan fingerprint density at radius 2 is 2.10 bits per heavy atom. The van der Waals surface area contributed by atoms with Crippen LogP contribution in [-0.2, 0) is 4.79 Å². The Hall–Kier alpha value is -0.0505. The van der Waals surface area contributed by atoms with Crippen molar-refractivity contribution in [2.75, 3.05) is 0 Å². The molecule has 0 heterocycles. The van der Waals surface area contributed by atoms with E-state index in [1.165, 1.54) is 0 Å². The molecule has 0 aromatic heterocycles. The van der Waals surface area contributed by atoms with Gasteiger partial charge in [0.2, 0.25) is 0 Å². The molecule has 60 valence electrons. The van der Waals surface area contributed by atoms with E-state index in [1.807, 2.05) is 13.8 Å². The summed E-state index contributed by atoms with van der Waals surface area (Å²) in [6.07, 6.45) is 0.813. The molecule has 0 aromatic rings. The van der Waals surface area contributed by atoms with Gasteiger partial charge < -0.3 is 10.8 Å². The zero-order valence-corrected chi connectivity index (χ0v) is 7.92. The molecule has 0 saturated carbocycles. The predicted octanol–water partition coefficient (Wildman–Crippen LogP) is 0.0636. The van der Waals surface area contributed by atoms with Gasteiger partial charge in [-0.2, -0.15) is 0 Å². The monoisotopic (exact) mass is 211 g/mol.